The summed E-state index contributed by atoms with van der Waals surface area (Å²) in [5.41, 5.74) is 11.4. The van der Waals surface area contributed by atoms with Crippen LogP contribution in [0.2, 0.25) is 0 Å². The summed E-state index contributed by atoms with van der Waals surface area (Å²) in [6.07, 6.45) is 13.1. The average Bonchev–Trinajstić information content (AvgIpc) is 3.68. The van der Waals surface area contributed by atoms with Crippen LogP contribution in [0.5, 0.6) is 5.75 Å². The second kappa shape index (κ2) is 13.1. The van der Waals surface area contributed by atoms with Crippen LogP contribution in [0.15, 0.2) is 63.0 Å². The Kier molecular flexibility index (Phi) is 9.95. The third-order valence-electron chi connectivity index (χ3n) is 6.68. The normalized spacial score (nSPS) is 19.8. The molecule has 2 N–H and O–H groups in total. The van der Waals surface area contributed by atoms with Crippen molar-refractivity contribution < 1.29 is 4.74 Å². The first-order chi connectivity index (χ1) is 17.5. The monoisotopic (exact) mass is 485 g/mol. The van der Waals surface area contributed by atoms with Gasteiger partial charge in [-0.2, -0.15) is 15.5 Å². The highest BCUT2D eigenvalue weighted by atomic mass is 16.5. The third kappa shape index (κ3) is 6.67. The van der Waals surface area contributed by atoms with E-state index in [1.807, 2.05) is 38.1 Å². The smallest absolute Gasteiger partial charge is 0.136 e. The second-order valence-electron chi connectivity index (χ2n) is 9.40. The quantitative estimate of drug-likeness (QED) is 0.204. The van der Waals surface area contributed by atoms with Crippen LogP contribution in [0.1, 0.15) is 77.8 Å². The highest BCUT2D eigenvalue weighted by molar-refractivity contribution is 6.26. The van der Waals surface area contributed by atoms with Crippen molar-refractivity contribution in [3.05, 3.63) is 58.9 Å². The third-order valence-corrected chi connectivity index (χ3v) is 6.68. The molecule has 1 aliphatic heterocycles. The minimum atomic E-state index is 0.0131. The summed E-state index contributed by atoms with van der Waals surface area (Å²) < 4.78 is 6.63. The Balaban J connectivity index is 2.16. The molecule has 190 valence electrons. The summed E-state index contributed by atoms with van der Waals surface area (Å²) >= 11 is 0. The number of ether oxygens (including phenoxy) is 1. The topological polar surface area (TPSA) is 96.1 Å². The van der Waals surface area contributed by atoms with Crippen molar-refractivity contribution in [2.75, 3.05) is 6.54 Å². The van der Waals surface area contributed by atoms with Gasteiger partial charge in [0.2, 0.25) is 0 Å². The first-order valence-corrected chi connectivity index (χ1v) is 13.1. The molecule has 0 aromatic heterocycles. The van der Waals surface area contributed by atoms with Gasteiger partial charge in [0, 0.05) is 47.5 Å². The highest BCUT2D eigenvalue weighted by Crippen LogP contribution is 2.38. The Morgan fingerprint density at radius 1 is 1.31 bits per heavy atom. The van der Waals surface area contributed by atoms with E-state index in [1.54, 1.807) is 6.21 Å². The molecule has 0 radical (unpaired) electrons. The summed E-state index contributed by atoms with van der Waals surface area (Å²) in [5.74, 6) is 2.20. The van der Waals surface area contributed by atoms with Crippen molar-refractivity contribution >= 4 is 23.2 Å². The van der Waals surface area contributed by atoms with Crippen LogP contribution in [-0.4, -0.2) is 30.2 Å². The maximum atomic E-state index is 9.66. The zero-order chi connectivity index (χ0) is 26.1. The van der Waals surface area contributed by atoms with Crippen LogP contribution < -0.4 is 10.5 Å². The lowest BCUT2D eigenvalue weighted by Crippen LogP contribution is -2.16. The Bertz CT molecular complexity index is 1160. The summed E-state index contributed by atoms with van der Waals surface area (Å²) in [6.45, 7) is 10.7. The van der Waals surface area contributed by atoms with Gasteiger partial charge in [-0.3, -0.25) is 4.99 Å². The molecule has 0 spiro atoms. The van der Waals surface area contributed by atoms with Crippen molar-refractivity contribution in [2.24, 2.45) is 32.8 Å². The summed E-state index contributed by atoms with van der Waals surface area (Å²) in [4.78, 5) is 4.98. The van der Waals surface area contributed by atoms with E-state index < -0.39 is 0 Å². The van der Waals surface area contributed by atoms with Gasteiger partial charge in [-0.05, 0) is 69.4 Å². The second-order valence-corrected chi connectivity index (χ2v) is 9.40. The standard InChI is InChI=1S/C30H39N5O/c1-6-10-26-29(17-27(34-26)23-12-13-23)36-28-16-22(19-32)11-14-24(28)25(15-21(8-3)18-31)30(20(5)7-2)35-33-9-4/h8-9,11,14-17,20,23,26H,6-7,10,12-13,18,31H2,1-5H3/b21-8+,25-15-,33-9-,35-30+/t20-,26?/m1/s1. The van der Waals surface area contributed by atoms with Crippen molar-refractivity contribution in [2.45, 2.75) is 72.8 Å². The lowest BCUT2D eigenvalue weighted by Gasteiger charge is -2.21. The van der Waals surface area contributed by atoms with Crippen molar-refractivity contribution in [1.82, 2.24) is 0 Å². The van der Waals surface area contributed by atoms with Crippen molar-refractivity contribution in [3.63, 3.8) is 0 Å². The molecule has 1 heterocycles. The van der Waals surface area contributed by atoms with Crippen molar-refractivity contribution in [3.8, 4) is 11.8 Å². The van der Waals surface area contributed by atoms with E-state index in [0.717, 1.165) is 53.2 Å². The lowest BCUT2D eigenvalue weighted by atomic mass is 9.89. The minimum Gasteiger partial charge on any atom is -0.459 e. The molecule has 2 aliphatic rings. The molecule has 1 saturated carbocycles. The van der Waals surface area contributed by atoms with Gasteiger partial charge in [-0.15, -0.1) is 0 Å². The largest absolute Gasteiger partial charge is 0.459 e. The molecule has 0 amide bonds. The molecule has 3 rings (SSSR count). The predicted molar refractivity (Wildman–Crippen MR) is 151 cm³/mol. The van der Waals surface area contributed by atoms with E-state index in [-0.39, 0.29) is 12.0 Å². The predicted octanol–water partition coefficient (Wildman–Crippen LogP) is 6.64. The fraction of sp³-hybridized carbons (Fsp3) is 0.467. The van der Waals surface area contributed by atoms with Gasteiger partial charge in [-0.25, -0.2) is 0 Å². The fourth-order valence-electron chi connectivity index (χ4n) is 4.20. The van der Waals surface area contributed by atoms with Crippen LogP contribution in [0.4, 0.5) is 0 Å². The molecule has 0 bridgehead atoms. The van der Waals surface area contributed by atoms with Gasteiger partial charge in [0.1, 0.15) is 17.6 Å². The lowest BCUT2D eigenvalue weighted by molar-refractivity contribution is 0.379. The van der Waals surface area contributed by atoms with Gasteiger partial charge in [-0.1, -0.05) is 33.3 Å². The number of hydrogen-bond donors (Lipinski definition) is 1. The molecular weight excluding hydrogens is 446 g/mol. The number of nitriles is 1. The molecule has 1 unspecified atom stereocenters. The number of rotatable bonds is 12. The maximum Gasteiger partial charge on any atom is 0.136 e. The van der Waals surface area contributed by atoms with Crippen LogP contribution in [0.3, 0.4) is 0 Å². The number of benzene rings is 1. The highest BCUT2D eigenvalue weighted by Gasteiger charge is 2.33. The number of nitrogens with zero attached hydrogens (tertiary/aromatic N) is 4. The maximum absolute atomic E-state index is 9.66. The van der Waals surface area contributed by atoms with E-state index in [9.17, 15) is 5.26 Å². The molecule has 0 saturated heterocycles. The SMILES string of the molecule is C\C=N/N=C(/C(=C\C(=C/C)CN)c1ccc(C#N)cc1OC1=CC(C2CC2)=NC1CCC)[C@H](C)CC. The molecule has 1 aliphatic carbocycles. The van der Waals surface area contributed by atoms with E-state index in [4.69, 9.17) is 15.5 Å². The van der Waals surface area contributed by atoms with Gasteiger partial charge >= 0.3 is 0 Å². The average molecular weight is 486 g/mol. The van der Waals surface area contributed by atoms with Gasteiger partial charge < -0.3 is 10.5 Å². The van der Waals surface area contributed by atoms with Gasteiger partial charge in [0.05, 0.1) is 17.3 Å². The van der Waals surface area contributed by atoms with Crippen LogP contribution in [-0.2, 0) is 0 Å². The number of nitrogens with two attached hydrogens (primary N) is 1. The van der Waals surface area contributed by atoms with Crippen LogP contribution >= 0.6 is 0 Å². The zero-order valence-corrected chi connectivity index (χ0v) is 22.3. The molecule has 36 heavy (non-hydrogen) atoms. The molecule has 1 aromatic rings. The molecule has 6 nitrogen and oxygen atoms in total. The first-order valence-electron chi connectivity index (χ1n) is 13.1. The first kappa shape index (κ1) is 27.3. The summed E-state index contributed by atoms with van der Waals surface area (Å²) in [5, 5.41) is 18.5. The molecule has 1 fully saturated rings. The van der Waals surface area contributed by atoms with E-state index in [2.05, 4.69) is 49.2 Å². The van der Waals surface area contributed by atoms with Gasteiger partial charge in [0.15, 0.2) is 0 Å². The molecule has 6 heteroatoms. The molecular formula is C30H39N5O. The Morgan fingerprint density at radius 3 is 2.67 bits per heavy atom. The Labute approximate surface area is 216 Å². The van der Waals surface area contributed by atoms with E-state index >= 15 is 0 Å². The van der Waals surface area contributed by atoms with Gasteiger partial charge in [0.25, 0.3) is 0 Å². The molecule has 2 atom stereocenters. The van der Waals surface area contributed by atoms with Crippen LogP contribution in [0.25, 0.3) is 5.57 Å². The number of aliphatic imine (C=N–C) groups is 1. The number of hydrogen-bond acceptors (Lipinski definition) is 6. The van der Waals surface area contributed by atoms with E-state index in [1.165, 1.54) is 12.8 Å². The summed E-state index contributed by atoms with van der Waals surface area (Å²) in [7, 11) is 0. The Hall–Kier alpha value is -3.30. The minimum absolute atomic E-state index is 0.0131. The van der Waals surface area contributed by atoms with Crippen LogP contribution in [0, 0.1) is 23.2 Å². The Morgan fingerprint density at radius 2 is 2.08 bits per heavy atom. The van der Waals surface area contributed by atoms with E-state index in [0.29, 0.717) is 23.8 Å². The van der Waals surface area contributed by atoms with Crippen molar-refractivity contribution in [1.29, 1.82) is 5.26 Å². The fourth-order valence-corrected chi connectivity index (χ4v) is 4.20. The number of allylic oxidation sites excluding steroid dienone is 3. The summed E-state index contributed by atoms with van der Waals surface area (Å²) in [6, 6.07) is 7.86. The zero-order valence-electron chi connectivity index (χ0n) is 22.3. The molecule has 1 aromatic carbocycles.